The van der Waals surface area contributed by atoms with E-state index < -0.39 is 17.4 Å². The molecule has 0 bridgehead atoms. The van der Waals surface area contributed by atoms with Gasteiger partial charge in [-0.1, -0.05) is 23.7 Å². The molecule has 1 aromatic carbocycles. The molecule has 0 radical (unpaired) electrons. The lowest BCUT2D eigenvalue weighted by molar-refractivity contribution is -0.161. The Morgan fingerprint density at radius 1 is 1.17 bits per heavy atom. The summed E-state index contributed by atoms with van der Waals surface area (Å²) >= 11 is 5.80. The van der Waals surface area contributed by atoms with Gasteiger partial charge in [0.25, 0.3) is 0 Å². The number of benzene rings is 1. The molecule has 2 rings (SSSR count). The molecule has 1 atom stereocenters. The van der Waals surface area contributed by atoms with E-state index in [-0.39, 0.29) is 5.92 Å². The van der Waals surface area contributed by atoms with E-state index in [0.717, 1.165) is 5.56 Å². The fraction of sp³-hybridized carbons (Fsp3) is 0.385. The summed E-state index contributed by atoms with van der Waals surface area (Å²) in [5.74, 6) is -1.29. The van der Waals surface area contributed by atoms with Crippen molar-refractivity contribution in [2.24, 2.45) is 5.41 Å². The van der Waals surface area contributed by atoms with Crippen molar-refractivity contribution in [2.75, 3.05) is 14.2 Å². The predicted molar refractivity (Wildman–Crippen MR) is 65.3 cm³/mol. The van der Waals surface area contributed by atoms with Gasteiger partial charge in [0.2, 0.25) is 0 Å². The number of rotatable bonds is 3. The lowest BCUT2D eigenvalue weighted by Gasteiger charge is -2.12. The molecule has 1 aliphatic rings. The van der Waals surface area contributed by atoms with Gasteiger partial charge < -0.3 is 9.47 Å². The molecule has 18 heavy (non-hydrogen) atoms. The molecular weight excluding hydrogens is 256 g/mol. The highest BCUT2D eigenvalue weighted by Gasteiger charge is 2.68. The summed E-state index contributed by atoms with van der Waals surface area (Å²) in [4.78, 5) is 23.6. The van der Waals surface area contributed by atoms with Gasteiger partial charge in [-0.15, -0.1) is 0 Å². The van der Waals surface area contributed by atoms with Crippen LogP contribution in [0.5, 0.6) is 0 Å². The van der Waals surface area contributed by atoms with Crippen molar-refractivity contribution in [3.63, 3.8) is 0 Å². The Hall–Kier alpha value is -1.55. The van der Waals surface area contributed by atoms with Crippen LogP contribution in [0, 0.1) is 5.41 Å². The third-order valence-corrected chi connectivity index (χ3v) is 3.58. The molecule has 1 saturated carbocycles. The topological polar surface area (TPSA) is 52.6 Å². The summed E-state index contributed by atoms with van der Waals surface area (Å²) in [5, 5.41) is 0.612. The zero-order chi connectivity index (χ0) is 13.3. The number of ether oxygens (including phenoxy) is 2. The van der Waals surface area contributed by atoms with E-state index in [0.29, 0.717) is 11.4 Å². The Bertz CT molecular complexity index is 464. The molecule has 1 fully saturated rings. The highest BCUT2D eigenvalue weighted by molar-refractivity contribution is 6.30. The standard InChI is InChI=1S/C13H13ClO4/c1-17-11(15)13(12(16)18-2)7-10(13)8-3-5-9(14)6-4-8/h3-6,10H,7H2,1-2H3. The Labute approximate surface area is 110 Å². The minimum absolute atomic E-state index is 0.199. The van der Waals surface area contributed by atoms with E-state index in [9.17, 15) is 9.59 Å². The summed E-state index contributed by atoms with van der Waals surface area (Å²) in [6.07, 6.45) is 0.411. The van der Waals surface area contributed by atoms with E-state index in [2.05, 4.69) is 0 Å². The molecule has 0 spiro atoms. The minimum Gasteiger partial charge on any atom is -0.468 e. The first-order valence-corrected chi connectivity index (χ1v) is 5.86. The van der Waals surface area contributed by atoms with Crippen LogP contribution in [-0.4, -0.2) is 26.2 Å². The average molecular weight is 269 g/mol. The van der Waals surface area contributed by atoms with Crippen molar-refractivity contribution in [1.29, 1.82) is 0 Å². The van der Waals surface area contributed by atoms with Crippen molar-refractivity contribution in [3.8, 4) is 0 Å². The van der Waals surface area contributed by atoms with Crippen LogP contribution in [0.25, 0.3) is 0 Å². The van der Waals surface area contributed by atoms with Gasteiger partial charge in [-0.2, -0.15) is 0 Å². The maximum Gasteiger partial charge on any atom is 0.323 e. The number of methoxy groups -OCH3 is 2. The first-order valence-electron chi connectivity index (χ1n) is 5.48. The molecule has 0 aromatic heterocycles. The summed E-state index contributed by atoms with van der Waals surface area (Å²) in [6.45, 7) is 0. The third kappa shape index (κ3) is 1.86. The zero-order valence-corrected chi connectivity index (χ0v) is 10.9. The van der Waals surface area contributed by atoms with Crippen molar-refractivity contribution in [3.05, 3.63) is 34.9 Å². The quantitative estimate of drug-likeness (QED) is 0.623. The Balaban J connectivity index is 2.30. The summed E-state index contributed by atoms with van der Waals surface area (Å²) < 4.78 is 9.42. The van der Waals surface area contributed by atoms with Crippen LogP contribution in [0.4, 0.5) is 0 Å². The molecule has 0 N–H and O–H groups in total. The monoisotopic (exact) mass is 268 g/mol. The van der Waals surface area contributed by atoms with Gasteiger partial charge in [-0.3, -0.25) is 9.59 Å². The van der Waals surface area contributed by atoms with Crippen LogP contribution < -0.4 is 0 Å². The highest BCUT2D eigenvalue weighted by atomic mass is 35.5. The van der Waals surface area contributed by atoms with E-state index in [1.165, 1.54) is 14.2 Å². The van der Waals surface area contributed by atoms with E-state index in [1.54, 1.807) is 24.3 Å². The normalized spacial score (nSPS) is 20.1. The van der Waals surface area contributed by atoms with Crippen LogP contribution >= 0.6 is 11.6 Å². The molecule has 1 aliphatic carbocycles. The number of hydrogen-bond acceptors (Lipinski definition) is 4. The molecule has 0 aliphatic heterocycles. The highest BCUT2D eigenvalue weighted by Crippen LogP contribution is 2.60. The van der Waals surface area contributed by atoms with Crippen molar-refractivity contribution < 1.29 is 19.1 Å². The number of halogens is 1. The van der Waals surface area contributed by atoms with Gasteiger partial charge in [-0.05, 0) is 24.1 Å². The molecule has 96 valence electrons. The van der Waals surface area contributed by atoms with E-state index in [4.69, 9.17) is 21.1 Å². The smallest absolute Gasteiger partial charge is 0.323 e. The Kier molecular flexibility index (Phi) is 3.30. The minimum atomic E-state index is -1.18. The molecule has 1 aromatic rings. The van der Waals surface area contributed by atoms with Gasteiger partial charge in [0.05, 0.1) is 14.2 Å². The molecule has 5 heteroatoms. The Morgan fingerprint density at radius 2 is 1.67 bits per heavy atom. The van der Waals surface area contributed by atoms with Gasteiger partial charge in [0.1, 0.15) is 0 Å². The second-order valence-electron chi connectivity index (χ2n) is 4.26. The fourth-order valence-corrected chi connectivity index (χ4v) is 2.39. The first-order chi connectivity index (χ1) is 8.56. The van der Waals surface area contributed by atoms with Crippen molar-refractivity contribution >= 4 is 23.5 Å². The van der Waals surface area contributed by atoms with Gasteiger partial charge in [0.15, 0.2) is 5.41 Å². The van der Waals surface area contributed by atoms with Crippen molar-refractivity contribution in [1.82, 2.24) is 0 Å². The van der Waals surface area contributed by atoms with Crippen LogP contribution in [0.3, 0.4) is 0 Å². The van der Waals surface area contributed by atoms with Gasteiger partial charge >= 0.3 is 11.9 Å². The number of carbonyl (C=O) groups is 2. The van der Waals surface area contributed by atoms with E-state index in [1.807, 2.05) is 0 Å². The number of esters is 2. The van der Waals surface area contributed by atoms with Crippen LogP contribution in [0.15, 0.2) is 24.3 Å². The number of hydrogen-bond donors (Lipinski definition) is 0. The molecular formula is C13H13ClO4. The molecule has 0 saturated heterocycles. The van der Waals surface area contributed by atoms with Crippen LogP contribution in [0.1, 0.15) is 17.9 Å². The first kappa shape index (κ1) is 12.9. The average Bonchev–Trinajstić information content (AvgIpc) is 3.14. The summed E-state index contributed by atoms with van der Waals surface area (Å²) in [7, 11) is 2.54. The lowest BCUT2D eigenvalue weighted by atomic mass is 9.99. The predicted octanol–water partition coefficient (Wildman–Crippen LogP) is 2.16. The van der Waals surface area contributed by atoms with Gasteiger partial charge in [-0.25, -0.2) is 0 Å². The maximum absolute atomic E-state index is 11.8. The SMILES string of the molecule is COC(=O)C1(C(=O)OC)CC1c1ccc(Cl)cc1. The van der Waals surface area contributed by atoms with Crippen LogP contribution in [-0.2, 0) is 19.1 Å². The molecule has 0 amide bonds. The maximum atomic E-state index is 11.8. The molecule has 4 nitrogen and oxygen atoms in total. The Morgan fingerprint density at radius 3 is 2.11 bits per heavy atom. The van der Waals surface area contributed by atoms with Crippen molar-refractivity contribution in [2.45, 2.75) is 12.3 Å². The van der Waals surface area contributed by atoms with E-state index >= 15 is 0 Å². The van der Waals surface area contributed by atoms with Gasteiger partial charge in [0, 0.05) is 10.9 Å². The number of carbonyl (C=O) groups excluding carboxylic acids is 2. The largest absolute Gasteiger partial charge is 0.468 e. The summed E-state index contributed by atoms with van der Waals surface area (Å²) in [5.41, 5.74) is -0.299. The molecule has 0 heterocycles. The molecule has 1 unspecified atom stereocenters. The van der Waals surface area contributed by atoms with Crippen LogP contribution in [0.2, 0.25) is 5.02 Å². The zero-order valence-electron chi connectivity index (χ0n) is 10.1. The fourth-order valence-electron chi connectivity index (χ4n) is 2.26. The second-order valence-corrected chi connectivity index (χ2v) is 4.70. The summed E-state index contributed by atoms with van der Waals surface area (Å²) in [6, 6.07) is 7.07. The second kappa shape index (κ2) is 4.61. The third-order valence-electron chi connectivity index (χ3n) is 3.33. The lowest BCUT2D eigenvalue weighted by Crippen LogP contribution is -2.30.